The molecule has 82 valence electrons. The average molecular weight is 222 g/mol. The Kier molecular flexibility index (Phi) is 4.40. The van der Waals surface area contributed by atoms with E-state index in [4.69, 9.17) is 0 Å². The van der Waals surface area contributed by atoms with Gasteiger partial charge in [0.1, 0.15) is 0 Å². The molecule has 0 unspecified atom stereocenters. The molecule has 0 amide bonds. The summed E-state index contributed by atoms with van der Waals surface area (Å²) >= 11 is 1.84. The van der Waals surface area contributed by atoms with Crippen LogP contribution in [0.5, 0.6) is 0 Å². The molecule has 0 saturated carbocycles. The third-order valence-electron chi connectivity index (χ3n) is 1.96. The van der Waals surface area contributed by atoms with Gasteiger partial charge in [-0.3, -0.25) is 4.79 Å². The van der Waals surface area contributed by atoms with E-state index in [1.54, 1.807) is 0 Å². The van der Waals surface area contributed by atoms with Gasteiger partial charge in [0.2, 0.25) is 0 Å². The molecule has 0 fully saturated rings. The van der Waals surface area contributed by atoms with Crippen LogP contribution >= 0.6 is 11.8 Å². The molecular formula is C13H18OS. The minimum Gasteiger partial charge on any atom is -0.294 e. The SMILES string of the molecule is CC(C)(C)SCCC(=O)c1ccccc1. The topological polar surface area (TPSA) is 17.1 Å². The molecule has 1 aromatic rings. The highest BCUT2D eigenvalue weighted by molar-refractivity contribution is 8.00. The molecule has 0 aliphatic rings. The summed E-state index contributed by atoms with van der Waals surface area (Å²) in [5.41, 5.74) is 0.826. The lowest BCUT2D eigenvalue weighted by molar-refractivity contribution is 0.0989. The van der Waals surface area contributed by atoms with Gasteiger partial charge in [0.25, 0.3) is 0 Å². The van der Waals surface area contributed by atoms with Crippen molar-refractivity contribution in [2.75, 3.05) is 5.75 Å². The second-order valence-corrected chi connectivity index (χ2v) is 6.42. The lowest BCUT2D eigenvalue weighted by atomic mass is 10.1. The molecule has 0 heterocycles. The number of hydrogen-bond acceptors (Lipinski definition) is 2. The van der Waals surface area contributed by atoms with Crippen molar-refractivity contribution < 1.29 is 4.79 Å². The molecule has 0 N–H and O–H groups in total. The Morgan fingerprint density at radius 2 is 1.80 bits per heavy atom. The van der Waals surface area contributed by atoms with Gasteiger partial charge in [0.05, 0.1) is 0 Å². The fraction of sp³-hybridized carbons (Fsp3) is 0.462. The molecule has 0 atom stereocenters. The van der Waals surface area contributed by atoms with Gasteiger partial charge < -0.3 is 0 Å². The van der Waals surface area contributed by atoms with Crippen molar-refractivity contribution in [3.05, 3.63) is 35.9 Å². The van der Waals surface area contributed by atoms with E-state index in [-0.39, 0.29) is 10.5 Å². The van der Waals surface area contributed by atoms with Gasteiger partial charge in [-0.2, -0.15) is 11.8 Å². The highest BCUT2D eigenvalue weighted by Crippen LogP contribution is 2.24. The van der Waals surface area contributed by atoms with Gasteiger partial charge in [-0.05, 0) is 0 Å². The summed E-state index contributed by atoms with van der Waals surface area (Å²) in [7, 11) is 0. The molecule has 0 aliphatic heterocycles. The van der Waals surface area contributed by atoms with Gasteiger partial charge in [0, 0.05) is 22.5 Å². The first kappa shape index (κ1) is 12.3. The fourth-order valence-electron chi connectivity index (χ4n) is 1.22. The zero-order valence-corrected chi connectivity index (χ0v) is 10.4. The molecular weight excluding hydrogens is 204 g/mol. The summed E-state index contributed by atoms with van der Waals surface area (Å²) in [6.45, 7) is 6.51. The maximum absolute atomic E-state index is 11.7. The standard InChI is InChI=1S/C13H18OS/c1-13(2,3)15-10-9-12(14)11-7-5-4-6-8-11/h4-8H,9-10H2,1-3H3. The van der Waals surface area contributed by atoms with Crippen LogP contribution in [0, 0.1) is 0 Å². The molecule has 0 aliphatic carbocycles. The Bertz CT molecular complexity index is 311. The summed E-state index contributed by atoms with van der Waals surface area (Å²) in [5, 5.41) is 0. The number of Topliss-reactive ketones (excluding diaryl/α,β-unsaturated/α-hetero) is 1. The minimum absolute atomic E-state index is 0.243. The lowest BCUT2D eigenvalue weighted by Crippen LogP contribution is -2.10. The third kappa shape index (κ3) is 5.03. The maximum Gasteiger partial charge on any atom is 0.163 e. The molecule has 1 aromatic carbocycles. The molecule has 15 heavy (non-hydrogen) atoms. The molecule has 0 radical (unpaired) electrons. The van der Waals surface area contributed by atoms with E-state index in [1.807, 2.05) is 42.1 Å². The predicted molar refractivity (Wildman–Crippen MR) is 67.6 cm³/mol. The van der Waals surface area contributed by atoms with Gasteiger partial charge >= 0.3 is 0 Å². The smallest absolute Gasteiger partial charge is 0.163 e. The van der Waals surface area contributed by atoms with E-state index in [0.717, 1.165) is 11.3 Å². The number of carbonyl (C=O) groups is 1. The van der Waals surface area contributed by atoms with Gasteiger partial charge in [0.15, 0.2) is 5.78 Å². The molecule has 0 bridgehead atoms. The minimum atomic E-state index is 0.243. The van der Waals surface area contributed by atoms with Gasteiger partial charge in [-0.1, -0.05) is 51.1 Å². The first-order chi connectivity index (χ1) is 6.99. The lowest BCUT2D eigenvalue weighted by Gasteiger charge is -2.16. The van der Waals surface area contributed by atoms with Crippen LogP contribution in [0.2, 0.25) is 0 Å². The molecule has 1 rings (SSSR count). The van der Waals surface area contributed by atoms with E-state index in [0.29, 0.717) is 6.42 Å². The number of benzene rings is 1. The summed E-state index contributed by atoms with van der Waals surface area (Å²) in [6, 6.07) is 9.50. The van der Waals surface area contributed by atoms with Crippen molar-refractivity contribution in [1.29, 1.82) is 0 Å². The van der Waals surface area contributed by atoms with E-state index < -0.39 is 0 Å². The van der Waals surface area contributed by atoms with E-state index >= 15 is 0 Å². The zero-order valence-electron chi connectivity index (χ0n) is 9.62. The highest BCUT2D eigenvalue weighted by atomic mass is 32.2. The van der Waals surface area contributed by atoms with Crippen molar-refractivity contribution in [2.24, 2.45) is 0 Å². The van der Waals surface area contributed by atoms with Crippen LogP contribution < -0.4 is 0 Å². The quantitative estimate of drug-likeness (QED) is 0.721. The maximum atomic E-state index is 11.7. The Hall–Kier alpha value is -0.760. The highest BCUT2D eigenvalue weighted by Gasteiger charge is 2.12. The van der Waals surface area contributed by atoms with Crippen molar-refractivity contribution >= 4 is 17.5 Å². The Morgan fingerprint density at radius 3 is 2.33 bits per heavy atom. The van der Waals surface area contributed by atoms with Crippen molar-refractivity contribution in [1.82, 2.24) is 0 Å². The summed E-state index contributed by atoms with van der Waals surface area (Å²) in [6.07, 6.45) is 0.631. The largest absolute Gasteiger partial charge is 0.294 e. The number of ketones is 1. The normalized spacial score (nSPS) is 11.4. The van der Waals surface area contributed by atoms with Crippen LogP contribution in [-0.2, 0) is 0 Å². The number of thioether (sulfide) groups is 1. The Morgan fingerprint density at radius 1 is 1.20 bits per heavy atom. The van der Waals surface area contributed by atoms with Crippen LogP contribution in [0.3, 0.4) is 0 Å². The summed E-state index contributed by atoms with van der Waals surface area (Å²) in [4.78, 5) is 11.7. The Labute approximate surface area is 96.3 Å². The van der Waals surface area contributed by atoms with Crippen LogP contribution in [-0.4, -0.2) is 16.3 Å². The summed E-state index contributed by atoms with van der Waals surface area (Å²) in [5.74, 6) is 1.14. The van der Waals surface area contributed by atoms with Crippen molar-refractivity contribution in [3.8, 4) is 0 Å². The first-order valence-corrected chi connectivity index (χ1v) is 6.20. The molecule has 0 spiro atoms. The average Bonchev–Trinajstić information content (AvgIpc) is 2.17. The summed E-state index contributed by atoms with van der Waals surface area (Å²) < 4.78 is 0.247. The number of carbonyl (C=O) groups excluding carboxylic acids is 1. The molecule has 0 aromatic heterocycles. The van der Waals surface area contributed by atoms with E-state index in [1.165, 1.54) is 0 Å². The van der Waals surface area contributed by atoms with Crippen LogP contribution in [0.25, 0.3) is 0 Å². The van der Waals surface area contributed by atoms with Crippen molar-refractivity contribution in [3.63, 3.8) is 0 Å². The molecule has 1 nitrogen and oxygen atoms in total. The second kappa shape index (κ2) is 5.36. The van der Waals surface area contributed by atoms with Gasteiger partial charge in [-0.15, -0.1) is 0 Å². The molecule has 2 heteroatoms. The van der Waals surface area contributed by atoms with Crippen molar-refractivity contribution in [2.45, 2.75) is 31.9 Å². The van der Waals surface area contributed by atoms with E-state index in [9.17, 15) is 4.79 Å². The first-order valence-electron chi connectivity index (χ1n) is 5.21. The van der Waals surface area contributed by atoms with Crippen LogP contribution in [0.4, 0.5) is 0 Å². The predicted octanol–water partition coefficient (Wildman–Crippen LogP) is 3.79. The van der Waals surface area contributed by atoms with E-state index in [2.05, 4.69) is 20.8 Å². The number of hydrogen-bond donors (Lipinski definition) is 0. The Balaban J connectivity index is 2.38. The van der Waals surface area contributed by atoms with Gasteiger partial charge in [-0.25, -0.2) is 0 Å². The molecule has 0 saturated heterocycles. The monoisotopic (exact) mass is 222 g/mol. The zero-order chi connectivity index (χ0) is 11.3. The van der Waals surface area contributed by atoms with Crippen LogP contribution in [0.1, 0.15) is 37.6 Å². The number of rotatable bonds is 4. The van der Waals surface area contributed by atoms with Crippen LogP contribution in [0.15, 0.2) is 30.3 Å². The third-order valence-corrected chi connectivity index (χ3v) is 3.23. The second-order valence-electron chi connectivity index (χ2n) is 4.50. The fourth-order valence-corrected chi connectivity index (χ4v) is 2.12.